The molecule has 0 saturated carbocycles. The molecule has 0 aliphatic heterocycles. The summed E-state index contributed by atoms with van der Waals surface area (Å²) in [6, 6.07) is 0. The smallest absolute Gasteiger partial charge is 0.306 e. The molecule has 354 valence electrons. The monoisotopic (exact) mass is 830 g/mol. The maximum Gasteiger partial charge on any atom is 0.306 e. The maximum absolute atomic E-state index is 11.2. The number of aliphatic carboxylic acids is 1. The van der Waals surface area contributed by atoms with E-state index in [1.165, 1.54) is 186 Å². The van der Waals surface area contributed by atoms with Gasteiger partial charge >= 0.3 is 5.97 Å². The Morgan fingerprint density at radius 3 is 1.10 bits per heavy atom. The third kappa shape index (κ3) is 55.3. The van der Waals surface area contributed by atoms with Crippen LogP contribution in [0.25, 0.3) is 0 Å². The van der Waals surface area contributed by atoms with Crippen LogP contribution >= 0.6 is 0 Å². The molecule has 3 N–H and O–H groups in total. The molecule has 0 aliphatic carbocycles. The fourth-order valence-corrected chi connectivity index (χ4v) is 7.29. The molecule has 0 saturated heterocycles. The fourth-order valence-electron chi connectivity index (χ4n) is 7.29. The van der Waals surface area contributed by atoms with E-state index < -0.39 is 12.3 Å². The van der Waals surface area contributed by atoms with E-state index >= 15 is 0 Å². The first-order valence-corrected chi connectivity index (χ1v) is 26.1. The van der Waals surface area contributed by atoms with Gasteiger partial charge in [0.2, 0.25) is 0 Å². The Balaban J connectivity index is -0.000000366. The van der Waals surface area contributed by atoms with Crippen LogP contribution in [0.15, 0.2) is 0 Å². The number of carbonyl (C=O) groups is 1. The number of hydrogen-bond acceptors (Lipinski definition) is 5. The van der Waals surface area contributed by atoms with Gasteiger partial charge in [0.15, 0.2) is 6.29 Å². The Kier molecular flexibility index (Phi) is 64.4. The number of aliphatic hydroxyl groups is 2. The van der Waals surface area contributed by atoms with Gasteiger partial charge in [-0.05, 0) is 65.0 Å². The number of aliphatic hydroxyl groups excluding tert-OH is 2. The number of carboxylic acids is 1. The second-order valence-electron chi connectivity index (χ2n) is 17.2. The van der Waals surface area contributed by atoms with Gasteiger partial charge in [-0.2, -0.15) is 0 Å². The Bertz CT molecular complexity index is 707. The molecule has 6 heteroatoms. The summed E-state index contributed by atoms with van der Waals surface area (Å²) in [6.45, 7) is 24.1. The second-order valence-corrected chi connectivity index (χ2v) is 17.2. The molecule has 3 unspecified atom stereocenters. The Morgan fingerprint density at radius 2 is 0.741 bits per heavy atom. The van der Waals surface area contributed by atoms with Crippen molar-refractivity contribution >= 4 is 5.97 Å². The Morgan fingerprint density at radius 1 is 0.448 bits per heavy atom. The van der Waals surface area contributed by atoms with Crippen molar-refractivity contribution in [2.75, 3.05) is 32.8 Å². The number of hydrogen-bond donors (Lipinski definition) is 3. The number of unbranched alkanes of at least 4 members (excludes halogenated alkanes) is 22. The number of ether oxygens (including phenoxy) is 1. The molecule has 0 aromatic rings. The van der Waals surface area contributed by atoms with E-state index in [2.05, 4.69) is 60.3 Å². The minimum Gasteiger partial charge on any atom is -0.481 e. The van der Waals surface area contributed by atoms with Crippen LogP contribution in [0.5, 0.6) is 0 Å². The van der Waals surface area contributed by atoms with E-state index in [0.717, 1.165) is 51.5 Å². The van der Waals surface area contributed by atoms with E-state index in [4.69, 9.17) is 9.84 Å². The fraction of sp³-hybridized carbons (Fsp3) is 0.981. The SMILES string of the molecule is CCC.CCCCCCCCC(CCCCCC)C(O)OCC.CCCCCCCCC(CCCCCCC)C(=O)O.CCCCCCN(CCCO)CCCCC. The molecule has 3 atom stereocenters. The molecule has 58 heavy (non-hydrogen) atoms. The van der Waals surface area contributed by atoms with Crippen molar-refractivity contribution < 1.29 is 24.9 Å². The molecule has 0 rings (SSSR count). The molecule has 0 aromatic carbocycles. The lowest BCUT2D eigenvalue weighted by atomic mass is 9.93. The second kappa shape index (κ2) is 58.4. The summed E-state index contributed by atoms with van der Waals surface area (Å²) >= 11 is 0. The van der Waals surface area contributed by atoms with Gasteiger partial charge < -0.3 is 25.0 Å². The third-order valence-electron chi connectivity index (χ3n) is 11.0. The molecular weight excluding hydrogens is 719 g/mol. The molecule has 0 bridgehead atoms. The van der Waals surface area contributed by atoms with Crippen LogP contribution in [0.3, 0.4) is 0 Å². The van der Waals surface area contributed by atoms with Crippen LogP contribution in [0.2, 0.25) is 0 Å². The van der Waals surface area contributed by atoms with Gasteiger partial charge in [0.05, 0.1) is 5.92 Å². The topological polar surface area (TPSA) is 90.2 Å². The van der Waals surface area contributed by atoms with Gasteiger partial charge in [-0.25, -0.2) is 0 Å². The molecular formula is C52H111NO5. The molecule has 6 nitrogen and oxygen atoms in total. The van der Waals surface area contributed by atoms with E-state index in [-0.39, 0.29) is 5.92 Å². The van der Waals surface area contributed by atoms with Gasteiger partial charge in [-0.3, -0.25) is 4.79 Å². The Hall–Kier alpha value is -0.690. The zero-order valence-corrected chi connectivity index (χ0v) is 41.4. The normalized spacial score (nSPS) is 12.5. The number of carboxylic acid groups (broad SMARTS) is 1. The van der Waals surface area contributed by atoms with Crippen LogP contribution in [-0.4, -0.2) is 65.3 Å². The van der Waals surface area contributed by atoms with Gasteiger partial charge in [0, 0.05) is 25.7 Å². The van der Waals surface area contributed by atoms with Crippen LogP contribution in [0.4, 0.5) is 0 Å². The van der Waals surface area contributed by atoms with Crippen molar-refractivity contribution in [3.63, 3.8) is 0 Å². The standard InChI is InChI=1S/C18H38O2.C17H34O2.C14H31NO.C3H8/c1-4-7-9-11-12-14-16-17(18(19)20-6-3)15-13-10-8-5-2;1-3-5-7-9-11-13-15-16(17(18)19)14-12-10-8-6-4-2;1-3-5-7-9-12-15(13-10-14-16)11-8-6-4-2;1-3-2/h17-19H,4-16H2,1-3H3;16H,3-15H2,1-2H3,(H,18,19);16H,3-14H2,1-2H3;3H2,1-2H3. The highest BCUT2D eigenvalue weighted by Gasteiger charge is 2.19. The highest BCUT2D eigenvalue weighted by Crippen LogP contribution is 2.23. The molecule has 0 radical (unpaired) electrons. The summed E-state index contributed by atoms with van der Waals surface area (Å²) in [5.74, 6) is -0.324. The van der Waals surface area contributed by atoms with Gasteiger partial charge in [-0.15, -0.1) is 0 Å². The average molecular weight is 830 g/mol. The molecule has 0 fully saturated rings. The highest BCUT2D eigenvalue weighted by molar-refractivity contribution is 5.69. The summed E-state index contributed by atoms with van der Waals surface area (Å²) in [5.41, 5.74) is 0. The maximum atomic E-state index is 11.2. The number of rotatable bonds is 41. The predicted octanol–water partition coefficient (Wildman–Crippen LogP) is 16.3. The minimum atomic E-state index is -0.580. The summed E-state index contributed by atoms with van der Waals surface area (Å²) in [4.78, 5) is 13.7. The van der Waals surface area contributed by atoms with Crippen molar-refractivity contribution in [1.29, 1.82) is 0 Å². The van der Waals surface area contributed by atoms with Gasteiger partial charge in [0.25, 0.3) is 0 Å². The van der Waals surface area contributed by atoms with E-state index in [0.29, 0.717) is 19.1 Å². The Labute approximate surface area is 366 Å². The lowest BCUT2D eigenvalue weighted by Gasteiger charge is -2.22. The molecule has 0 aliphatic rings. The summed E-state index contributed by atoms with van der Waals surface area (Å²) < 4.78 is 5.41. The van der Waals surface area contributed by atoms with Gasteiger partial charge in [0.1, 0.15) is 0 Å². The van der Waals surface area contributed by atoms with Crippen LogP contribution < -0.4 is 0 Å². The first kappa shape index (κ1) is 63.9. The third-order valence-corrected chi connectivity index (χ3v) is 11.0. The van der Waals surface area contributed by atoms with Crippen molar-refractivity contribution in [1.82, 2.24) is 4.90 Å². The van der Waals surface area contributed by atoms with E-state index in [1.807, 2.05) is 6.92 Å². The van der Waals surface area contributed by atoms with Crippen molar-refractivity contribution in [2.24, 2.45) is 11.8 Å². The van der Waals surface area contributed by atoms with Crippen molar-refractivity contribution in [3.05, 3.63) is 0 Å². The molecule has 0 spiro atoms. The summed E-state index contributed by atoms with van der Waals surface area (Å²) in [7, 11) is 0. The highest BCUT2D eigenvalue weighted by atomic mass is 16.6. The minimum absolute atomic E-state index is 0.0900. The summed E-state index contributed by atoms with van der Waals surface area (Å²) in [6.07, 6.45) is 41.6. The van der Waals surface area contributed by atoms with E-state index in [1.54, 1.807) is 0 Å². The average Bonchev–Trinajstić information content (AvgIpc) is 3.21. The largest absolute Gasteiger partial charge is 0.481 e. The first-order valence-electron chi connectivity index (χ1n) is 26.1. The van der Waals surface area contributed by atoms with Crippen molar-refractivity contribution in [3.8, 4) is 0 Å². The zero-order valence-electron chi connectivity index (χ0n) is 41.4. The van der Waals surface area contributed by atoms with Crippen molar-refractivity contribution in [2.45, 2.75) is 287 Å². The molecule has 0 aromatic heterocycles. The van der Waals surface area contributed by atoms with Gasteiger partial charge in [-0.1, -0.05) is 229 Å². The predicted molar refractivity (Wildman–Crippen MR) is 258 cm³/mol. The van der Waals surface area contributed by atoms with Crippen LogP contribution in [-0.2, 0) is 9.53 Å². The molecule has 0 amide bonds. The van der Waals surface area contributed by atoms with E-state index in [9.17, 15) is 15.0 Å². The quantitative estimate of drug-likeness (QED) is 0.0420. The first-order chi connectivity index (χ1) is 28.2. The zero-order chi connectivity index (χ0) is 44.2. The van der Waals surface area contributed by atoms with Crippen LogP contribution in [0.1, 0.15) is 281 Å². The van der Waals surface area contributed by atoms with Crippen LogP contribution in [0, 0.1) is 11.8 Å². The summed E-state index contributed by atoms with van der Waals surface area (Å²) in [5, 5.41) is 28.2. The lowest BCUT2D eigenvalue weighted by Crippen LogP contribution is -2.27. The number of nitrogens with zero attached hydrogens (tertiary/aromatic N) is 1. The molecule has 0 heterocycles. The lowest BCUT2D eigenvalue weighted by molar-refractivity contribution is -0.142.